The molecule has 1 atom stereocenters. The molecule has 1 unspecified atom stereocenters. The number of ketones is 1. The van der Waals surface area contributed by atoms with E-state index in [1.165, 1.54) is 41.6 Å². The standard InChI is InChI=1S/C26H42O/c1-21(2)11-8-12-22(3)13-9-14-23(4)15-10-16-24(5)19-20-25-17-6-7-18-26(25)27/h11,13,15,19,25H,6-10,12,14,16-18,20H2,1-5H3/b22-13+,23-15+,24-19+. The molecule has 0 bridgehead atoms. The smallest absolute Gasteiger partial charge is 0.136 e. The second-order valence-electron chi connectivity index (χ2n) is 8.69. The molecule has 1 aliphatic carbocycles. The second kappa shape index (κ2) is 13.7. The number of carbonyl (C=O) groups is 1. The molecule has 0 amide bonds. The highest BCUT2D eigenvalue weighted by Crippen LogP contribution is 2.24. The third-order valence-electron chi connectivity index (χ3n) is 5.59. The topological polar surface area (TPSA) is 17.1 Å². The Hall–Kier alpha value is -1.37. The van der Waals surface area contributed by atoms with Crippen LogP contribution in [0.1, 0.15) is 105 Å². The number of Topliss-reactive ketones (excluding diaryl/α,β-unsaturated/α-hetero) is 1. The van der Waals surface area contributed by atoms with E-state index in [4.69, 9.17) is 0 Å². The second-order valence-corrected chi connectivity index (χ2v) is 8.69. The van der Waals surface area contributed by atoms with Crippen molar-refractivity contribution in [2.24, 2.45) is 5.92 Å². The van der Waals surface area contributed by atoms with Crippen molar-refractivity contribution < 1.29 is 4.79 Å². The molecule has 1 nitrogen and oxygen atoms in total. The minimum Gasteiger partial charge on any atom is -0.299 e. The molecule has 0 aromatic carbocycles. The van der Waals surface area contributed by atoms with Gasteiger partial charge in [-0.25, -0.2) is 0 Å². The van der Waals surface area contributed by atoms with Gasteiger partial charge in [-0.1, -0.05) is 53.0 Å². The van der Waals surface area contributed by atoms with Crippen molar-refractivity contribution >= 4 is 5.78 Å². The Morgan fingerprint density at radius 2 is 1.30 bits per heavy atom. The fourth-order valence-electron chi connectivity index (χ4n) is 3.63. The SMILES string of the molecule is CC(C)=CCC/C(C)=C/CC/C(C)=C/CC/C(C)=C/CC1CCCCC1=O. The number of hydrogen-bond acceptors (Lipinski definition) is 1. The number of rotatable bonds is 11. The van der Waals surface area contributed by atoms with Crippen LogP contribution in [0.5, 0.6) is 0 Å². The Kier molecular flexibility index (Phi) is 12.1. The molecule has 0 aromatic rings. The Balaban J connectivity index is 2.24. The van der Waals surface area contributed by atoms with E-state index in [0.29, 0.717) is 11.7 Å². The van der Waals surface area contributed by atoms with Crippen molar-refractivity contribution in [1.29, 1.82) is 0 Å². The first-order valence-electron chi connectivity index (χ1n) is 11.0. The quantitative estimate of drug-likeness (QED) is 0.334. The number of carbonyl (C=O) groups excluding carboxylic acids is 1. The lowest BCUT2D eigenvalue weighted by Crippen LogP contribution is -2.18. The largest absolute Gasteiger partial charge is 0.299 e. The zero-order valence-corrected chi connectivity index (χ0v) is 18.6. The predicted molar refractivity (Wildman–Crippen MR) is 120 cm³/mol. The highest BCUT2D eigenvalue weighted by atomic mass is 16.1. The molecule has 0 aromatic heterocycles. The predicted octanol–water partition coefficient (Wildman–Crippen LogP) is 8.28. The van der Waals surface area contributed by atoms with Gasteiger partial charge >= 0.3 is 0 Å². The lowest BCUT2D eigenvalue weighted by atomic mass is 9.85. The average Bonchev–Trinajstić information content (AvgIpc) is 2.60. The Labute approximate surface area is 168 Å². The molecule has 1 heteroatoms. The molecule has 0 heterocycles. The van der Waals surface area contributed by atoms with Crippen molar-refractivity contribution in [3.63, 3.8) is 0 Å². The van der Waals surface area contributed by atoms with Crippen LogP contribution in [-0.4, -0.2) is 5.78 Å². The highest BCUT2D eigenvalue weighted by molar-refractivity contribution is 5.81. The lowest BCUT2D eigenvalue weighted by Gasteiger charge is -2.19. The maximum atomic E-state index is 11.9. The van der Waals surface area contributed by atoms with Gasteiger partial charge in [0, 0.05) is 12.3 Å². The van der Waals surface area contributed by atoms with Crippen LogP contribution in [0.4, 0.5) is 0 Å². The first kappa shape index (κ1) is 23.7. The van der Waals surface area contributed by atoms with E-state index in [2.05, 4.69) is 58.9 Å². The van der Waals surface area contributed by atoms with Crippen molar-refractivity contribution in [2.45, 2.75) is 105 Å². The van der Waals surface area contributed by atoms with Gasteiger partial charge in [-0.05, 0) is 92.4 Å². The number of hydrogen-bond donors (Lipinski definition) is 0. The Morgan fingerprint density at radius 3 is 1.81 bits per heavy atom. The highest BCUT2D eigenvalue weighted by Gasteiger charge is 2.20. The molecule has 0 spiro atoms. The summed E-state index contributed by atoms with van der Waals surface area (Å²) in [6.07, 6.45) is 21.6. The first-order chi connectivity index (χ1) is 12.9. The van der Waals surface area contributed by atoms with Crippen molar-refractivity contribution in [3.8, 4) is 0 Å². The maximum Gasteiger partial charge on any atom is 0.136 e. The summed E-state index contributed by atoms with van der Waals surface area (Å²) in [5.74, 6) is 0.794. The zero-order chi connectivity index (χ0) is 20.1. The molecule has 0 N–H and O–H groups in total. The average molecular weight is 371 g/mol. The van der Waals surface area contributed by atoms with Crippen LogP contribution < -0.4 is 0 Å². The van der Waals surface area contributed by atoms with Crippen LogP contribution in [0.25, 0.3) is 0 Å². The van der Waals surface area contributed by atoms with Crippen LogP contribution in [0.15, 0.2) is 46.6 Å². The molecule has 27 heavy (non-hydrogen) atoms. The van der Waals surface area contributed by atoms with Gasteiger partial charge in [0.2, 0.25) is 0 Å². The summed E-state index contributed by atoms with van der Waals surface area (Å²) in [4.78, 5) is 11.9. The van der Waals surface area contributed by atoms with Crippen LogP contribution >= 0.6 is 0 Å². The van der Waals surface area contributed by atoms with E-state index < -0.39 is 0 Å². The molecule has 152 valence electrons. The van der Waals surface area contributed by atoms with Crippen LogP contribution in [0, 0.1) is 5.92 Å². The van der Waals surface area contributed by atoms with Gasteiger partial charge in [-0.3, -0.25) is 4.79 Å². The minimum absolute atomic E-state index is 0.303. The third kappa shape index (κ3) is 11.8. The summed E-state index contributed by atoms with van der Waals surface area (Å²) in [6.45, 7) is 11.1. The van der Waals surface area contributed by atoms with E-state index in [1.54, 1.807) is 0 Å². The van der Waals surface area contributed by atoms with E-state index in [-0.39, 0.29) is 0 Å². The number of allylic oxidation sites excluding steroid dienone is 8. The molecular weight excluding hydrogens is 328 g/mol. The van der Waals surface area contributed by atoms with Gasteiger partial charge in [0.1, 0.15) is 5.78 Å². The summed E-state index contributed by atoms with van der Waals surface area (Å²) >= 11 is 0. The molecule has 1 aliphatic rings. The van der Waals surface area contributed by atoms with Crippen molar-refractivity contribution in [3.05, 3.63) is 46.6 Å². The van der Waals surface area contributed by atoms with E-state index in [0.717, 1.165) is 51.4 Å². The summed E-state index contributed by atoms with van der Waals surface area (Å²) in [7, 11) is 0. The summed E-state index contributed by atoms with van der Waals surface area (Å²) in [5.41, 5.74) is 5.86. The summed E-state index contributed by atoms with van der Waals surface area (Å²) in [5, 5.41) is 0. The van der Waals surface area contributed by atoms with Gasteiger partial charge < -0.3 is 0 Å². The molecule has 0 aliphatic heterocycles. The van der Waals surface area contributed by atoms with Gasteiger partial charge in [0.05, 0.1) is 0 Å². The molecule has 1 fully saturated rings. The van der Waals surface area contributed by atoms with Gasteiger partial charge in [-0.15, -0.1) is 0 Å². The van der Waals surface area contributed by atoms with E-state index in [1.807, 2.05) is 0 Å². The molecule has 1 rings (SSSR count). The third-order valence-corrected chi connectivity index (χ3v) is 5.59. The first-order valence-corrected chi connectivity index (χ1v) is 11.0. The molecule has 0 radical (unpaired) electrons. The monoisotopic (exact) mass is 370 g/mol. The Morgan fingerprint density at radius 1 is 0.778 bits per heavy atom. The van der Waals surface area contributed by atoms with Crippen LogP contribution in [0.2, 0.25) is 0 Å². The van der Waals surface area contributed by atoms with Crippen molar-refractivity contribution in [1.82, 2.24) is 0 Å². The normalized spacial score (nSPS) is 19.4. The van der Waals surface area contributed by atoms with Crippen LogP contribution in [0.3, 0.4) is 0 Å². The van der Waals surface area contributed by atoms with E-state index >= 15 is 0 Å². The van der Waals surface area contributed by atoms with E-state index in [9.17, 15) is 4.79 Å². The van der Waals surface area contributed by atoms with Gasteiger partial charge in [0.25, 0.3) is 0 Å². The molecule has 1 saturated carbocycles. The molecule has 0 saturated heterocycles. The summed E-state index contributed by atoms with van der Waals surface area (Å²) < 4.78 is 0. The zero-order valence-electron chi connectivity index (χ0n) is 18.6. The molecular formula is C26H42O. The van der Waals surface area contributed by atoms with Crippen molar-refractivity contribution in [2.75, 3.05) is 0 Å². The van der Waals surface area contributed by atoms with Gasteiger partial charge in [0.15, 0.2) is 0 Å². The fourth-order valence-corrected chi connectivity index (χ4v) is 3.63. The summed E-state index contributed by atoms with van der Waals surface area (Å²) in [6, 6.07) is 0. The Bertz CT molecular complexity index is 567. The minimum atomic E-state index is 0.303. The van der Waals surface area contributed by atoms with Gasteiger partial charge in [-0.2, -0.15) is 0 Å². The fraction of sp³-hybridized carbons (Fsp3) is 0.654. The van der Waals surface area contributed by atoms with Crippen LogP contribution in [-0.2, 0) is 4.79 Å². The lowest BCUT2D eigenvalue weighted by molar-refractivity contribution is -0.124. The maximum absolute atomic E-state index is 11.9.